The molecule has 0 radical (unpaired) electrons. The Hall–Kier alpha value is -6.65. The zero-order chi connectivity index (χ0) is 54.7. The smallest absolute Gasteiger partial charge is 0.394 e. The van der Waals surface area contributed by atoms with Gasteiger partial charge in [0.1, 0.15) is 23.7 Å². The first-order valence-corrected chi connectivity index (χ1v) is 28.6. The van der Waals surface area contributed by atoms with Crippen LogP contribution in [0.4, 0.5) is 23.0 Å². The summed E-state index contributed by atoms with van der Waals surface area (Å²) in [7, 11) is -4.67. The lowest BCUT2D eigenvalue weighted by atomic mass is 9.62. The number of carbonyl (C=O) groups excluding carboxylic acids is 4. The van der Waals surface area contributed by atoms with Crippen molar-refractivity contribution in [2.75, 3.05) is 23.8 Å². The van der Waals surface area contributed by atoms with Crippen LogP contribution in [0.1, 0.15) is 89.2 Å². The topological polar surface area (TPSA) is 261 Å². The molecule has 21 heteroatoms. The van der Waals surface area contributed by atoms with Gasteiger partial charge in [-0.25, -0.2) is 19.6 Å². The maximum Gasteiger partial charge on any atom is 0.394 e. The molecule has 77 heavy (non-hydrogen) atoms. The fourth-order valence-corrected chi connectivity index (χ4v) is 12.2. The van der Waals surface area contributed by atoms with E-state index in [2.05, 4.69) is 73.1 Å². The highest BCUT2D eigenvalue weighted by Crippen LogP contribution is 2.54. The van der Waals surface area contributed by atoms with Gasteiger partial charge in [0.2, 0.25) is 0 Å². The van der Waals surface area contributed by atoms with Crippen LogP contribution < -0.4 is 21.3 Å². The molecule has 0 bridgehead atoms. The number of benzene rings is 2. The van der Waals surface area contributed by atoms with Crippen LogP contribution in [0.3, 0.4) is 0 Å². The van der Waals surface area contributed by atoms with E-state index in [1.54, 1.807) is 51.0 Å². The van der Waals surface area contributed by atoms with Crippen molar-refractivity contribution in [2.45, 2.75) is 103 Å². The number of anilines is 4. The molecule has 18 nitrogen and oxygen atoms in total. The van der Waals surface area contributed by atoms with Crippen molar-refractivity contribution in [3.63, 3.8) is 0 Å². The Kier molecular flexibility index (Phi) is 18.5. The van der Waals surface area contributed by atoms with E-state index in [0.717, 1.165) is 131 Å². The van der Waals surface area contributed by atoms with Gasteiger partial charge >= 0.3 is 22.3 Å². The third-order valence-corrected chi connectivity index (χ3v) is 15.8. The van der Waals surface area contributed by atoms with Crippen molar-refractivity contribution in [3.8, 4) is 0 Å². The van der Waals surface area contributed by atoms with Gasteiger partial charge in [-0.15, -0.1) is 0 Å². The van der Waals surface area contributed by atoms with Gasteiger partial charge in [-0.2, -0.15) is 8.42 Å². The maximum absolute atomic E-state index is 12.9. The Bertz CT molecular complexity index is 3090. The Morgan fingerprint density at radius 3 is 1.29 bits per heavy atom. The molecule has 4 heterocycles. The van der Waals surface area contributed by atoms with Crippen molar-refractivity contribution in [2.24, 2.45) is 10.8 Å². The largest absolute Gasteiger partial charge is 0.464 e. The number of hydrogen-bond acceptors (Lipinski definition) is 16. The molecular formula is C56H60Br2N8O10S. The molecule has 4 aliphatic rings. The summed E-state index contributed by atoms with van der Waals surface area (Å²) in [4.78, 5) is 68.7. The molecule has 2 spiro atoms. The highest BCUT2D eigenvalue weighted by atomic mass is 79.9. The van der Waals surface area contributed by atoms with Crippen LogP contribution in [-0.2, 0) is 51.9 Å². The number of esters is 2. The predicted octanol–water partition coefficient (Wildman–Crippen LogP) is 10.5. The first-order chi connectivity index (χ1) is 37.0. The molecule has 0 amide bonds. The van der Waals surface area contributed by atoms with E-state index < -0.39 is 33.3 Å². The van der Waals surface area contributed by atoms with E-state index in [0.29, 0.717) is 35.0 Å². The predicted molar refractivity (Wildman–Crippen MR) is 300 cm³/mol. The van der Waals surface area contributed by atoms with E-state index in [1.165, 1.54) is 0 Å². The molecule has 0 saturated heterocycles. The monoisotopic (exact) mass is 1190 g/mol. The van der Waals surface area contributed by atoms with Crippen LogP contribution in [0.5, 0.6) is 0 Å². The van der Waals surface area contributed by atoms with Gasteiger partial charge in [0.05, 0.1) is 33.0 Å². The van der Waals surface area contributed by atoms with Crippen molar-refractivity contribution in [3.05, 3.63) is 141 Å². The van der Waals surface area contributed by atoms with E-state index in [-0.39, 0.29) is 23.5 Å². The zero-order valence-corrected chi connectivity index (χ0v) is 46.5. The van der Waals surface area contributed by atoms with Crippen molar-refractivity contribution < 1.29 is 46.2 Å². The molecule has 4 aromatic heterocycles. The van der Waals surface area contributed by atoms with Gasteiger partial charge in [-0.1, -0.05) is 62.8 Å². The summed E-state index contributed by atoms with van der Waals surface area (Å²) in [5, 5.41) is 17.6. The lowest BCUT2D eigenvalue weighted by Crippen LogP contribution is -2.53. The molecule has 2 atom stereocenters. The number of rotatable bonds is 16. The molecule has 0 unspecified atom stereocenters. The van der Waals surface area contributed by atoms with Crippen molar-refractivity contribution in [1.29, 1.82) is 0 Å². The second-order valence-electron chi connectivity index (χ2n) is 19.2. The van der Waals surface area contributed by atoms with E-state index in [4.69, 9.17) is 27.0 Å². The van der Waals surface area contributed by atoms with Crippen LogP contribution in [0, 0.1) is 10.8 Å². The number of aromatic nitrogens is 4. The first kappa shape index (κ1) is 56.6. The third-order valence-electron chi connectivity index (χ3n) is 14.3. The second kappa shape index (κ2) is 25.2. The first-order valence-electron chi connectivity index (χ1n) is 25.6. The van der Waals surface area contributed by atoms with Gasteiger partial charge in [0.25, 0.3) is 0 Å². The standard InChI is InChI=1S/2C28H29BrN4O3.H2O4S/c2*1-2-36-27(35)22(33-24-23(29)25(34)28(24)12-4-3-5-13-28)16-18-6-8-20(9-7-18)32-26-21-17-30-14-10-19(21)11-15-31-26;1-5(2,3)4/h2*6-11,14-15,17,22,33H,2-5,12-13,16H2,1H3,(H,31,32);(H2,1,2,3,4)/t2*22-;/m00./s1. The van der Waals surface area contributed by atoms with Crippen LogP contribution >= 0.6 is 31.9 Å². The number of allylic oxidation sites excluding steroid dienone is 4. The highest BCUT2D eigenvalue weighted by molar-refractivity contribution is 9.12. The Labute approximate surface area is 463 Å². The molecule has 6 N–H and O–H groups in total. The molecule has 0 aliphatic heterocycles. The summed E-state index contributed by atoms with van der Waals surface area (Å²) < 4.78 is 43.5. The normalized spacial score (nSPS) is 17.2. The average molecular weight is 1200 g/mol. The number of fused-ring (bicyclic) bond motifs is 2. The van der Waals surface area contributed by atoms with Crippen LogP contribution in [0.15, 0.2) is 130 Å². The number of nitrogens with zero attached hydrogens (tertiary/aromatic N) is 4. The van der Waals surface area contributed by atoms with Gasteiger partial charge in [-0.05, 0) is 142 Å². The number of ketones is 2. The molecular weight excluding hydrogens is 1140 g/mol. The van der Waals surface area contributed by atoms with E-state index >= 15 is 0 Å². The van der Waals surface area contributed by atoms with Gasteiger partial charge in [0, 0.05) is 83.6 Å². The fraction of sp³-hybridized carbons (Fsp3) is 0.357. The van der Waals surface area contributed by atoms with Gasteiger partial charge < -0.3 is 30.7 Å². The number of ether oxygens (including phenoxy) is 2. The summed E-state index contributed by atoms with van der Waals surface area (Å²) in [5.41, 5.74) is 4.51. The maximum atomic E-state index is 12.9. The summed E-state index contributed by atoms with van der Waals surface area (Å²) in [6, 6.07) is 22.5. The van der Waals surface area contributed by atoms with Crippen LogP contribution in [-0.4, -0.2) is 86.3 Å². The number of halogens is 2. The Morgan fingerprint density at radius 2 is 0.935 bits per heavy atom. The number of pyridine rings is 4. The third kappa shape index (κ3) is 13.4. The Morgan fingerprint density at radius 1 is 0.584 bits per heavy atom. The molecule has 4 aliphatic carbocycles. The SMILES string of the molecule is CCOC(=O)[C@H](Cc1ccc(Nc2nccc3ccncc23)cc1)NC1=C(Br)C(=O)C12CCCCC2.CCOC(=O)[C@H](Cc1ccc(Nc2nccc3ccncc23)cc1)NC1=C(Br)C(=O)C12CCCCC2.O=S(=O)(O)O. The molecule has 6 aromatic rings. The minimum Gasteiger partial charge on any atom is -0.464 e. The summed E-state index contributed by atoms with van der Waals surface area (Å²) in [6.07, 6.45) is 21.3. The van der Waals surface area contributed by atoms with Crippen molar-refractivity contribution in [1.82, 2.24) is 30.6 Å². The summed E-state index contributed by atoms with van der Waals surface area (Å²) in [6.45, 7) is 4.21. The van der Waals surface area contributed by atoms with Gasteiger partial charge in [0.15, 0.2) is 11.6 Å². The van der Waals surface area contributed by atoms with Gasteiger partial charge in [-0.3, -0.25) is 28.7 Å². The number of nitrogens with one attached hydrogen (secondary N) is 4. The summed E-state index contributed by atoms with van der Waals surface area (Å²) >= 11 is 6.92. The quantitative estimate of drug-likeness (QED) is 0.0389. The van der Waals surface area contributed by atoms with Crippen LogP contribution in [0.2, 0.25) is 0 Å². The lowest BCUT2D eigenvalue weighted by molar-refractivity contribution is -0.146. The molecule has 404 valence electrons. The average Bonchev–Trinajstić information content (AvgIpc) is 3.50. The highest BCUT2D eigenvalue weighted by Gasteiger charge is 2.55. The minimum atomic E-state index is -4.67. The van der Waals surface area contributed by atoms with E-state index in [1.807, 2.05) is 72.8 Å². The molecule has 2 aromatic carbocycles. The number of carbonyl (C=O) groups is 4. The number of hydrogen-bond donors (Lipinski definition) is 6. The summed E-state index contributed by atoms with van der Waals surface area (Å²) in [5.74, 6) is 1.16. The molecule has 10 rings (SSSR count). The lowest BCUT2D eigenvalue weighted by Gasteiger charge is -2.46. The molecule has 2 fully saturated rings. The second-order valence-corrected chi connectivity index (χ2v) is 21.7. The fourth-order valence-electron chi connectivity index (χ4n) is 10.5. The Balaban J connectivity index is 0.000000187. The number of Topliss-reactive ketones (excluding diaryl/α,β-unsaturated/α-hetero) is 2. The van der Waals surface area contributed by atoms with E-state index in [9.17, 15) is 19.2 Å². The molecule has 2 saturated carbocycles. The van der Waals surface area contributed by atoms with Crippen LogP contribution in [0.25, 0.3) is 21.5 Å². The zero-order valence-electron chi connectivity index (χ0n) is 42.6. The van der Waals surface area contributed by atoms with Crippen molar-refractivity contribution >= 4 is 110 Å². The minimum absolute atomic E-state index is 0.153.